The number of carbonyl (C=O) groups excluding carboxylic acids is 1. The Morgan fingerprint density at radius 2 is 2.04 bits per heavy atom. The molecule has 0 aliphatic heterocycles. The first-order chi connectivity index (χ1) is 12.5. The van der Waals surface area contributed by atoms with E-state index in [4.69, 9.17) is 4.74 Å². The molecule has 0 aliphatic rings. The first-order valence-corrected chi connectivity index (χ1v) is 8.82. The summed E-state index contributed by atoms with van der Waals surface area (Å²) in [6.45, 7) is 5.31. The molecule has 0 saturated heterocycles. The molecule has 0 fully saturated rings. The number of rotatable bonds is 7. The minimum absolute atomic E-state index is 0.0910. The molecule has 2 aromatic carbocycles. The van der Waals surface area contributed by atoms with E-state index in [0.717, 1.165) is 27.9 Å². The highest BCUT2D eigenvalue weighted by Crippen LogP contribution is 2.19. The topological polar surface area (TPSA) is 46.5 Å². The number of Topliss-reactive ketones (excluding diaryl/α,β-unsaturated/α-hetero) is 1. The number of halogens is 1. The smallest absolute Gasteiger partial charge is 0.221 e. The van der Waals surface area contributed by atoms with Gasteiger partial charge in [-0.05, 0) is 38.1 Å². The molecule has 0 radical (unpaired) electrons. The highest BCUT2D eigenvalue weighted by Gasteiger charge is 2.27. The van der Waals surface area contributed by atoms with Gasteiger partial charge < -0.3 is 14.6 Å². The zero-order chi connectivity index (χ0) is 18.7. The third-order valence-corrected chi connectivity index (χ3v) is 4.96. The van der Waals surface area contributed by atoms with Crippen LogP contribution in [0.15, 0.2) is 48.7 Å². The fraction of sp³-hybridized carbons (Fsp3) is 0.286. The molecule has 1 unspecified atom stereocenters. The fourth-order valence-electron chi connectivity index (χ4n) is 3.36. The lowest BCUT2D eigenvalue weighted by atomic mass is 10.0. The van der Waals surface area contributed by atoms with Gasteiger partial charge in [0.25, 0.3) is 0 Å². The van der Waals surface area contributed by atoms with E-state index in [0.29, 0.717) is 12.1 Å². The van der Waals surface area contributed by atoms with Crippen molar-refractivity contribution >= 4 is 16.7 Å². The van der Waals surface area contributed by atoms with Crippen molar-refractivity contribution in [3.05, 3.63) is 65.6 Å². The summed E-state index contributed by atoms with van der Waals surface area (Å²) in [5, 5.41) is 0.940. The SMILES string of the molecule is CC[NH+](Cc1ccc(OC)c(F)c1)[C@@H](C)C(=O)c1c[nH]c2ccccc12. The lowest BCUT2D eigenvalue weighted by molar-refractivity contribution is -0.925. The average Bonchev–Trinajstić information content (AvgIpc) is 3.09. The number of carbonyl (C=O) groups is 1. The third-order valence-electron chi connectivity index (χ3n) is 4.96. The summed E-state index contributed by atoms with van der Waals surface area (Å²) in [6, 6.07) is 12.5. The fourth-order valence-corrected chi connectivity index (χ4v) is 3.36. The van der Waals surface area contributed by atoms with Crippen LogP contribution in [0.2, 0.25) is 0 Å². The summed E-state index contributed by atoms with van der Waals surface area (Å²) in [5.41, 5.74) is 2.51. The Balaban J connectivity index is 1.81. The van der Waals surface area contributed by atoms with E-state index in [2.05, 4.69) is 4.98 Å². The van der Waals surface area contributed by atoms with Gasteiger partial charge in [-0.3, -0.25) is 4.79 Å². The number of benzene rings is 2. The van der Waals surface area contributed by atoms with Crippen molar-refractivity contribution in [1.82, 2.24) is 4.98 Å². The molecule has 0 saturated carbocycles. The summed E-state index contributed by atoms with van der Waals surface area (Å²) in [6.07, 6.45) is 1.78. The number of aromatic amines is 1. The van der Waals surface area contributed by atoms with Crippen LogP contribution >= 0.6 is 0 Å². The number of ether oxygens (including phenoxy) is 1. The van der Waals surface area contributed by atoms with E-state index in [1.165, 1.54) is 13.2 Å². The van der Waals surface area contributed by atoms with Crippen molar-refractivity contribution in [2.75, 3.05) is 13.7 Å². The molecule has 4 nitrogen and oxygen atoms in total. The van der Waals surface area contributed by atoms with Crippen molar-refractivity contribution in [3.8, 4) is 5.75 Å². The maximum Gasteiger partial charge on any atom is 0.221 e. The van der Waals surface area contributed by atoms with Gasteiger partial charge in [-0.15, -0.1) is 0 Å². The van der Waals surface area contributed by atoms with Crippen LogP contribution in [0.1, 0.15) is 29.8 Å². The monoisotopic (exact) mass is 355 g/mol. The van der Waals surface area contributed by atoms with Gasteiger partial charge in [0.15, 0.2) is 11.6 Å². The molecule has 0 bridgehead atoms. The van der Waals surface area contributed by atoms with Crippen molar-refractivity contribution in [2.24, 2.45) is 0 Å². The summed E-state index contributed by atoms with van der Waals surface area (Å²) in [5.74, 6) is -0.0564. The number of para-hydroxylation sites is 1. The Hall–Kier alpha value is -2.66. The number of aromatic nitrogens is 1. The van der Waals surface area contributed by atoms with Crippen LogP contribution in [0.3, 0.4) is 0 Å². The summed E-state index contributed by atoms with van der Waals surface area (Å²) < 4.78 is 18.9. The number of methoxy groups -OCH3 is 1. The van der Waals surface area contributed by atoms with Crippen LogP contribution in [0.5, 0.6) is 5.75 Å². The highest BCUT2D eigenvalue weighted by molar-refractivity contribution is 6.09. The molecular formula is C21H24FN2O2+. The third kappa shape index (κ3) is 3.48. The van der Waals surface area contributed by atoms with Gasteiger partial charge in [0.2, 0.25) is 5.78 Å². The van der Waals surface area contributed by atoms with Gasteiger partial charge in [0.1, 0.15) is 12.6 Å². The molecule has 136 valence electrons. The Kier molecular flexibility index (Phi) is 5.38. The number of hydrogen-bond acceptors (Lipinski definition) is 2. The lowest BCUT2D eigenvalue weighted by Gasteiger charge is -2.24. The highest BCUT2D eigenvalue weighted by atomic mass is 19.1. The zero-order valence-electron chi connectivity index (χ0n) is 15.3. The molecular weight excluding hydrogens is 331 g/mol. The van der Waals surface area contributed by atoms with E-state index in [9.17, 15) is 9.18 Å². The molecule has 3 rings (SSSR count). The van der Waals surface area contributed by atoms with Gasteiger partial charge in [-0.2, -0.15) is 0 Å². The van der Waals surface area contributed by atoms with Gasteiger partial charge in [0.05, 0.1) is 13.7 Å². The predicted octanol–water partition coefficient (Wildman–Crippen LogP) is 2.99. The van der Waals surface area contributed by atoms with Gasteiger partial charge in [-0.1, -0.05) is 18.2 Å². The van der Waals surface area contributed by atoms with Crippen LogP contribution in [0.4, 0.5) is 4.39 Å². The zero-order valence-corrected chi connectivity index (χ0v) is 15.3. The summed E-state index contributed by atoms with van der Waals surface area (Å²) in [4.78, 5) is 17.3. The first-order valence-electron chi connectivity index (χ1n) is 8.82. The van der Waals surface area contributed by atoms with E-state index in [1.54, 1.807) is 12.3 Å². The lowest BCUT2D eigenvalue weighted by Crippen LogP contribution is -3.14. The van der Waals surface area contributed by atoms with Crippen LogP contribution in [-0.2, 0) is 6.54 Å². The molecule has 1 heterocycles. The minimum Gasteiger partial charge on any atom is -0.494 e. The van der Waals surface area contributed by atoms with Crippen molar-refractivity contribution in [2.45, 2.75) is 26.4 Å². The number of nitrogens with one attached hydrogen (secondary N) is 2. The Labute approximate surface area is 152 Å². The largest absolute Gasteiger partial charge is 0.494 e. The van der Waals surface area contributed by atoms with Crippen LogP contribution < -0.4 is 9.64 Å². The number of fused-ring (bicyclic) bond motifs is 1. The quantitative estimate of drug-likeness (QED) is 0.640. The standard InChI is InChI=1S/C21H23FN2O2/c1-4-24(13-15-9-10-20(26-3)18(22)11-15)14(2)21(25)17-12-23-19-8-6-5-7-16(17)19/h5-12,14,23H,4,13H2,1-3H3/p+1/t14-/m0/s1. The molecule has 2 atom stereocenters. The molecule has 5 heteroatoms. The maximum absolute atomic E-state index is 14.0. The second-order valence-corrected chi connectivity index (χ2v) is 6.49. The number of H-pyrrole nitrogens is 1. The molecule has 2 N–H and O–H groups in total. The second kappa shape index (κ2) is 7.70. The second-order valence-electron chi connectivity index (χ2n) is 6.49. The molecule has 26 heavy (non-hydrogen) atoms. The van der Waals surface area contributed by atoms with Crippen LogP contribution in [0, 0.1) is 5.82 Å². The summed E-state index contributed by atoms with van der Waals surface area (Å²) in [7, 11) is 1.45. The predicted molar refractivity (Wildman–Crippen MR) is 100 cm³/mol. The van der Waals surface area contributed by atoms with Gasteiger partial charge in [-0.25, -0.2) is 4.39 Å². The van der Waals surface area contributed by atoms with E-state index < -0.39 is 0 Å². The Morgan fingerprint density at radius 1 is 1.27 bits per heavy atom. The number of quaternary nitrogens is 1. The normalized spacial score (nSPS) is 13.5. The van der Waals surface area contributed by atoms with Gasteiger partial charge in [0, 0.05) is 28.2 Å². The summed E-state index contributed by atoms with van der Waals surface area (Å²) >= 11 is 0. The van der Waals surface area contributed by atoms with E-state index >= 15 is 0 Å². The van der Waals surface area contributed by atoms with E-state index in [1.807, 2.05) is 44.2 Å². The molecule has 0 aliphatic carbocycles. The molecule has 0 spiro atoms. The van der Waals surface area contributed by atoms with Crippen LogP contribution in [0.25, 0.3) is 10.9 Å². The number of hydrogen-bond donors (Lipinski definition) is 2. The number of likely N-dealkylation sites (N-methyl/N-ethyl adjacent to an activating group) is 1. The molecule has 0 amide bonds. The van der Waals surface area contributed by atoms with Crippen molar-refractivity contribution < 1.29 is 18.8 Å². The van der Waals surface area contributed by atoms with Gasteiger partial charge >= 0.3 is 0 Å². The van der Waals surface area contributed by atoms with Crippen LogP contribution in [-0.4, -0.2) is 30.5 Å². The maximum atomic E-state index is 14.0. The molecule has 3 aromatic rings. The number of ketones is 1. The molecule has 1 aromatic heterocycles. The first kappa shape index (κ1) is 18.1. The Morgan fingerprint density at radius 3 is 2.73 bits per heavy atom. The van der Waals surface area contributed by atoms with Crippen molar-refractivity contribution in [1.29, 1.82) is 0 Å². The Bertz CT molecular complexity index is 919. The average molecular weight is 355 g/mol. The minimum atomic E-state index is -0.379. The van der Waals surface area contributed by atoms with E-state index in [-0.39, 0.29) is 23.4 Å². The van der Waals surface area contributed by atoms with Crippen molar-refractivity contribution in [3.63, 3.8) is 0 Å².